The number of aliphatic carboxylic acids is 2. The summed E-state index contributed by atoms with van der Waals surface area (Å²) in [5.41, 5.74) is 2.24. The van der Waals surface area contributed by atoms with Crippen molar-refractivity contribution in [1.29, 1.82) is 0 Å². The number of carbonyl (C=O) groups is 11. The molecular formula is C93H102Cl2N10O36. The van der Waals surface area contributed by atoms with Crippen molar-refractivity contribution in [3.05, 3.63) is 176 Å². The number of carboxylic acid groups (broad SMARTS) is 2. The highest BCUT2D eigenvalue weighted by molar-refractivity contribution is 6.32. The summed E-state index contributed by atoms with van der Waals surface area (Å²) in [6.45, 7) is -0.337. The minimum atomic E-state index is -2.72. The van der Waals surface area contributed by atoms with Gasteiger partial charge in [-0.25, -0.2) is 4.79 Å². The number of nitrogens with one attached hydrogen (secondary N) is 9. The molecule has 46 nitrogen and oxygen atoms in total. The molecule has 48 heteroatoms. The molecule has 27 N–H and O–H groups in total. The van der Waals surface area contributed by atoms with Crippen LogP contribution >= 0.6 is 23.2 Å². The standard InChI is InChI=1S/C93H102Cl2N10O36/c1-3-4-5-6-7-8-9-10-63(114)100-72-78(121)75(118)61(34-107)138-92(72)141-82-58-28-42-29-59(82)135-55-19-14-40(26-49(55)95)81(140-91-71(97-36(2)109)77(120)74(117)60(33-106)137-91)73-89(130)104-70(88(129)98-50(90(131)132)15-20-64(115)116)47-31-44(111)32-57(136-93-80(123)79(122)76(119)62(35-108)139-93)65(47)46-25-39(13-16-52(46)112)67(85(126)105-73)102-87(128)69(42)103-86(127)68-41-23-43(110)30-45(24-41)133-56-27-38(12-17-53(56)113)66(96)84(125)99-51(83(124)101-68)22-37-11-18-54(134-58)48(94)21-37/h7-8,11-14,16-19,21,23-32,50-51,60-62,66-81,91-93,106-108,110-113,117-123H,3-6,9-10,15,20,22,33-35,96H2,1-2H3,(H,97,109)(H,98,129)(H,99,125)(H,100,114)(H,101,124)(H,102,128)(H,103,127)(H,104,130)(H,105,126)(H,115,116)(H,131,132)/b8-7+/t50?,51-,60+,61+,62-,66-,67-,68+,69-,70+,71+,72+,73+,74-,75-,76-,77-,78-,79-,80+,81-,91+,92+,93+/m1/s1. The highest BCUT2D eigenvalue weighted by Crippen LogP contribution is 2.51. The maximum absolute atomic E-state index is 17.2. The number of phenols is 4. The molecule has 9 amide bonds. The summed E-state index contributed by atoms with van der Waals surface area (Å²) in [6.07, 6.45) is -25.2. The first-order chi connectivity index (χ1) is 67.2. The summed E-state index contributed by atoms with van der Waals surface area (Å²) in [7, 11) is 0. The number of fused-ring (bicyclic) bond motifs is 14. The van der Waals surface area contributed by atoms with Gasteiger partial charge >= 0.3 is 11.9 Å². The van der Waals surface area contributed by atoms with E-state index in [0.29, 0.717) is 18.6 Å². The van der Waals surface area contributed by atoms with Crippen LogP contribution in [0.4, 0.5) is 0 Å². The summed E-state index contributed by atoms with van der Waals surface area (Å²) < 4.78 is 57.7. The highest BCUT2D eigenvalue weighted by atomic mass is 35.5. The second-order valence-corrected chi connectivity index (χ2v) is 35.1. The Balaban J connectivity index is 1.06. The summed E-state index contributed by atoms with van der Waals surface area (Å²) >= 11 is 14.8. The minimum absolute atomic E-state index is 0.00477. The molecule has 7 aromatic rings. The van der Waals surface area contributed by atoms with Crippen LogP contribution < -0.4 is 77.3 Å². The van der Waals surface area contributed by atoms with E-state index in [0.717, 1.165) is 99.0 Å². The van der Waals surface area contributed by atoms with Crippen molar-refractivity contribution in [3.63, 3.8) is 0 Å². The van der Waals surface area contributed by atoms with Gasteiger partial charge in [0.25, 0.3) is 0 Å². The van der Waals surface area contributed by atoms with E-state index in [2.05, 4.69) is 47.9 Å². The van der Waals surface area contributed by atoms with E-state index in [1.807, 2.05) is 13.0 Å². The van der Waals surface area contributed by atoms with Crippen molar-refractivity contribution in [2.24, 2.45) is 5.73 Å². The molecule has 0 radical (unpaired) electrons. The number of aromatic hydroxyl groups is 4. The average Bonchev–Trinajstić information content (AvgIpc) is 0.754. The van der Waals surface area contributed by atoms with Crippen LogP contribution in [0, 0.1) is 0 Å². The Bertz CT molecular complexity index is 5960. The second kappa shape index (κ2) is 44.6. The molecule has 0 saturated carbocycles. The van der Waals surface area contributed by atoms with E-state index < -0.39 is 346 Å². The van der Waals surface area contributed by atoms with Crippen molar-refractivity contribution < 1.29 is 177 Å². The Morgan fingerprint density at radius 3 is 1.72 bits per heavy atom. The maximum atomic E-state index is 17.2. The fourth-order valence-electron chi connectivity index (χ4n) is 17.0. The number of amides is 9. The molecule has 0 spiro atoms. The summed E-state index contributed by atoms with van der Waals surface area (Å²) in [5, 5.41) is 203. The lowest BCUT2D eigenvalue weighted by Crippen LogP contribution is -2.65. The zero-order chi connectivity index (χ0) is 102. The number of halogens is 2. The zero-order valence-electron chi connectivity index (χ0n) is 74.6. The van der Waals surface area contributed by atoms with Gasteiger partial charge in [0, 0.05) is 49.4 Å². The summed E-state index contributed by atoms with van der Waals surface area (Å²) in [6, 6.07) is -2.87. The fourth-order valence-corrected chi connectivity index (χ4v) is 17.5. The van der Waals surface area contributed by atoms with Crippen LogP contribution in [-0.4, -0.2) is 277 Å². The topological polar surface area (TPSA) is 729 Å². The lowest BCUT2D eigenvalue weighted by molar-refractivity contribution is -0.284. The van der Waals surface area contributed by atoms with Gasteiger partial charge in [0.1, 0.15) is 168 Å². The van der Waals surface area contributed by atoms with Gasteiger partial charge in [0.05, 0.1) is 29.9 Å². The Morgan fingerprint density at radius 2 is 1.09 bits per heavy atom. The molecule has 7 aromatic carbocycles. The number of allylic oxidation sites excluding steroid dienone is 2. The lowest BCUT2D eigenvalue weighted by Gasteiger charge is -2.44. The van der Waals surface area contributed by atoms with Crippen LogP contribution in [0.15, 0.2) is 127 Å². The van der Waals surface area contributed by atoms with Gasteiger partial charge in [-0.15, -0.1) is 0 Å². The van der Waals surface area contributed by atoms with E-state index in [9.17, 15) is 106 Å². The molecular weight excluding hydrogens is 1900 g/mol. The molecule has 3 fully saturated rings. The van der Waals surface area contributed by atoms with Crippen LogP contribution in [0.3, 0.4) is 0 Å². The summed E-state index contributed by atoms with van der Waals surface area (Å²) in [5.74, 6) is -23.8. The van der Waals surface area contributed by atoms with E-state index in [4.69, 9.17) is 71.6 Å². The smallest absolute Gasteiger partial charge is 0.326 e. The molecule has 9 heterocycles. The van der Waals surface area contributed by atoms with E-state index in [1.54, 1.807) is 6.08 Å². The number of hydrogen-bond acceptors (Lipinski definition) is 35. The normalized spacial score (nSPS) is 28.0. The number of hydrogen-bond donors (Lipinski definition) is 26. The molecule has 141 heavy (non-hydrogen) atoms. The SMILES string of the molecule is CCCCC/C=C/CCC(=O)N[C@@H]1[C@H](Oc2c3cc4cc2Oc2ccc(cc2Cl)[C@@H](O[C@@H]2O[C@@H](CO)[C@@H](O)[C@H](O)[C@@H]2NC(C)=O)[C@@H]2NC(=O)[C@H](NC(=O)[C@@H]4NC(=O)[C@H]4NC(=O)[C@@H](Cc5ccc(c(Cl)c5)O3)NC(=O)[C@H](N)c3ccc(O)c(c3)Oc3cc(O)cc4c3)c3ccc(O)c(c3)-c3c(O[C@H]4O[C@H](CO)[C@@H](O)[C@@H](O)[C@@H]4O)cc(O)cc3[C@@H](C(=O)NC(CCC(=O)O)C(=O)O)NC2=O)O[C@@H](CO)[C@@H](O)[C@@H]1O. The molecule has 0 aromatic heterocycles. The van der Waals surface area contributed by atoms with Crippen molar-refractivity contribution in [2.75, 3.05) is 19.8 Å². The largest absolute Gasteiger partial charge is 0.508 e. The predicted molar refractivity (Wildman–Crippen MR) is 482 cm³/mol. The quantitative estimate of drug-likeness (QED) is 0.0286. The third-order valence-electron chi connectivity index (χ3n) is 24.4. The minimum Gasteiger partial charge on any atom is -0.508 e. The van der Waals surface area contributed by atoms with Gasteiger partial charge in [-0.2, -0.15) is 0 Å². The number of unbranched alkanes of at least 4 members (excludes halogenated alkanes) is 3. The average molecular weight is 2010 g/mol. The number of benzene rings is 7. The Morgan fingerprint density at radius 1 is 0.518 bits per heavy atom. The molecule has 24 atom stereocenters. The highest BCUT2D eigenvalue weighted by Gasteiger charge is 2.53. The van der Waals surface area contributed by atoms with Crippen molar-refractivity contribution in [1.82, 2.24) is 47.9 Å². The number of carbonyl (C=O) groups excluding carboxylic acids is 9. The van der Waals surface area contributed by atoms with Gasteiger partial charge in [-0.1, -0.05) is 79.4 Å². The van der Waals surface area contributed by atoms with Gasteiger partial charge in [0.15, 0.2) is 29.3 Å². The van der Waals surface area contributed by atoms with Crippen LogP contribution in [0.5, 0.6) is 69.0 Å². The van der Waals surface area contributed by atoms with Crippen molar-refractivity contribution in [2.45, 2.75) is 218 Å². The molecule has 17 bridgehead atoms. The number of phenolic OH excluding ortho intramolecular Hbond substituents is 4. The van der Waals surface area contributed by atoms with E-state index >= 15 is 28.8 Å². The van der Waals surface area contributed by atoms with Gasteiger partial charge in [-0.05, 0) is 143 Å². The fraction of sp³-hybridized carbons (Fsp3) is 0.409. The number of rotatable bonds is 24. The monoisotopic (exact) mass is 2000 g/mol. The molecule has 754 valence electrons. The molecule has 9 aliphatic heterocycles. The van der Waals surface area contributed by atoms with Crippen LogP contribution in [0.2, 0.25) is 10.0 Å². The lowest BCUT2D eigenvalue weighted by atomic mass is 9.89. The third-order valence-corrected chi connectivity index (χ3v) is 25.0. The molecule has 16 rings (SSSR count). The van der Waals surface area contributed by atoms with Crippen LogP contribution in [0.1, 0.15) is 140 Å². The second-order valence-electron chi connectivity index (χ2n) is 34.3. The number of aliphatic hydroxyl groups excluding tert-OH is 10. The Kier molecular flexibility index (Phi) is 32.8. The predicted octanol–water partition coefficient (Wildman–Crippen LogP) is 0.289. The number of ether oxygens (including phenoxy) is 9. The number of nitrogens with two attached hydrogens (primary N) is 1. The molecule has 9 aliphatic rings. The van der Waals surface area contributed by atoms with Crippen molar-refractivity contribution >= 4 is 88.3 Å². The zero-order valence-corrected chi connectivity index (χ0v) is 76.1. The van der Waals surface area contributed by atoms with Gasteiger partial charge in [-0.3, -0.25) is 47.9 Å². The maximum Gasteiger partial charge on any atom is 0.326 e. The van der Waals surface area contributed by atoms with Crippen molar-refractivity contribution in [3.8, 4) is 80.1 Å². The Hall–Kier alpha value is -13.4. The third kappa shape index (κ3) is 23.3. The van der Waals surface area contributed by atoms with Crippen LogP contribution in [0.25, 0.3) is 11.1 Å². The van der Waals surface area contributed by atoms with Gasteiger partial charge in [0.2, 0.25) is 71.5 Å². The molecule has 1 unspecified atom stereocenters. The number of carboxylic acids is 2. The first-order valence-electron chi connectivity index (χ1n) is 44.5. The first kappa shape index (κ1) is 103. The van der Waals surface area contributed by atoms with Crippen LogP contribution in [-0.2, 0) is 78.1 Å². The first-order valence-corrected chi connectivity index (χ1v) is 45.2. The number of aliphatic hydroxyl groups is 10. The Labute approximate surface area is 809 Å². The van der Waals surface area contributed by atoms with E-state index in [1.165, 1.54) is 30.3 Å². The van der Waals surface area contributed by atoms with Gasteiger partial charge < -0.3 is 178 Å². The summed E-state index contributed by atoms with van der Waals surface area (Å²) in [4.78, 5) is 167. The van der Waals surface area contributed by atoms with E-state index in [-0.39, 0.29) is 46.2 Å². The molecule has 0 aliphatic carbocycles. The molecule has 3 saturated heterocycles.